The standard InChI is InChI=1S/C18H21FN2O7S/c1-28-21(9-11-5-6-12(19)8-14(11)29(2)27)17(25)13-10-20(18(26)16(13)24)7-3-4-15(22)23/h5-6,8,24H,3-4,7,9-10H2,1-2H3,(H,22,23). The zero-order valence-corrected chi connectivity index (χ0v) is 16.7. The fourth-order valence-electron chi connectivity index (χ4n) is 2.84. The Bertz CT molecular complexity index is 843. The van der Waals surface area contributed by atoms with Crippen molar-refractivity contribution in [3.63, 3.8) is 0 Å². The van der Waals surface area contributed by atoms with Gasteiger partial charge in [0, 0.05) is 24.6 Å². The molecule has 0 aromatic heterocycles. The van der Waals surface area contributed by atoms with E-state index < -0.39 is 40.5 Å². The topological polar surface area (TPSA) is 130 Å². The molecular formula is C18H21FN2O7S. The first kappa shape index (κ1) is 22.7. The van der Waals surface area contributed by atoms with Gasteiger partial charge in [-0.25, -0.2) is 9.45 Å². The summed E-state index contributed by atoms with van der Waals surface area (Å²) in [6, 6.07) is 3.63. The van der Waals surface area contributed by atoms with E-state index in [9.17, 15) is 28.4 Å². The van der Waals surface area contributed by atoms with Crippen LogP contribution < -0.4 is 0 Å². The van der Waals surface area contributed by atoms with Gasteiger partial charge in [0.1, 0.15) is 12.1 Å². The Morgan fingerprint density at radius 3 is 2.69 bits per heavy atom. The molecule has 0 saturated heterocycles. The summed E-state index contributed by atoms with van der Waals surface area (Å²) in [4.78, 5) is 41.9. The molecule has 1 aliphatic rings. The van der Waals surface area contributed by atoms with Crippen LogP contribution in [0.15, 0.2) is 34.4 Å². The number of nitrogens with zero attached hydrogens (tertiary/aromatic N) is 2. The third-order valence-electron chi connectivity index (χ3n) is 4.30. The van der Waals surface area contributed by atoms with E-state index >= 15 is 0 Å². The molecule has 2 N–H and O–H groups in total. The second-order valence-corrected chi connectivity index (χ2v) is 7.63. The zero-order chi connectivity index (χ0) is 21.7. The smallest absolute Gasteiger partial charge is 0.303 e. The lowest BCUT2D eigenvalue weighted by molar-refractivity contribution is -0.175. The van der Waals surface area contributed by atoms with Crippen LogP contribution in [0.1, 0.15) is 18.4 Å². The van der Waals surface area contributed by atoms with E-state index in [1.807, 2.05) is 0 Å². The van der Waals surface area contributed by atoms with Gasteiger partial charge >= 0.3 is 5.97 Å². The van der Waals surface area contributed by atoms with Crippen molar-refractivity contribution >= 4 is 29.0 Å². The van der Waals surface area contributed by atoms with Gasteiger partial charge in [-0.05, 0) is 29.7 Å². The number of rotatable bonds is 9. The van der Waals surface area contributed by atoms with Crippen molar-refractivity contribution in [2.75, 3.05) is 26.5 Å². The van der Waals surface area contributed by atoms with Crippen LogP contribution in [0.5, 0.6) is 0 Å². The van der Waals surface area contributed by atoms with Crippen LogP contribution in [-0.2, 0) is 36.9 Å². The third-order valence-corrected chi connectivity index (χ3v) is 5.30. The maximum atomic E-state index is 13.5. The number of hydrogen-bond donors (Lipinski definition) is 2. The van der Waals surface area contributed by atoms with Crippen molar-refractivity contribution in [1.82, 2.24) is 9.96 Å². The molecule has 9 nitrogen and oxygen atoms in total. The third kappa shape index (κ3) is 5.46. The van der Waals surface area contributed by atoms with Crippen LogP contribution in [-0.4, -0.2) is 69.0 Å². The summed E-state index contributed by atoms with van der Waals surface area (Å²) in [6.07, 6.45) is 1.39. The number of aliphatic carboxylic acids is 1. The average Bonchev–Trinajstić information content (AvgIpc) is 2.94. The highest BCUT2D eigenvalue weighted by Crippen LogP contribution is 2.23. The van der Waals surface area contributed by atoms with Crippen LogP contribution in [0.3, 0.4) is 0 Å². The fourth-order valence-corrected chi connectivity index (χ4v) is 3.62. The molecule has 2 rings (SSSR count). The summed E-state index contributed by atoms with van der Waals surface area (Å²) in [5.74, 6) is -3.87. The number of carbonyl (C=O) groups excluding carboxylic acids is 2. The summed E-state index contributed by atoms with van der Waals surface area (Å²) in [6.45, 7) is -0.316. The highest BCUT2D eigenvalue weighted by molar-refractivity contribution is 7.90. The Labute approximate surface area is 169 Å². The number of hydroxylamine groups is 2. The van der Waals surface area contributed by atoms with Gasteiger partial charge in [0.25, 0.3) is 11.8 Å². The van der Waals surface area contributed by atoms with Crippen molar-refractivity contribution in [2.45, 2.75) is 24.3 Å². The predicted molar refractivity (Wildman–Crippen MR) is 99.4 cm³/mol. The van der Waals surface area contributed by atoms with E-state index in [2.05, 4.69) is 0 Å². The Hall–Kier alpha value is -2.63. The number of aliphatic hydroxyl groups is 1. The molecule has 1 atom stereocenters. The van der Waals surface area contributed by atoms with E-state index in [-0.39, 0.29) is 42.9 Å². The molecule has 11 heteroatoms. The van der Waals surface area contributed by atoms with E-state index in [1.165, 1.54) is 24.3 Å². The molecule has 1 unspecified atom stereocenters. The highest BCUT2D eigenvalue weighted by atomic mass is 32.2. The predicted octanol–water partition coefficient (Wildman–Crippen LogP) is 0.972. The normalized spacial score (nSPS) is 15.0. The number of aliphatic hydroxyl groups excluding tert-OH is 1. The lowest BCUT2D eigenvalue weighted by Crippen LogP contribution is -2.34. The monoisotopic (exact) mass is 428 g/mol. The quantitative estimate of drug-likeness (QED) is 0.443. The van der Waals surface area contributed by atoms with Crippen LogP contribution in [0.2, 0.25) is 0 Å². The summed E-state index contributed by atoms with van der Waals surface area (Å²) < 4.78 is 25.3. The van der Waals surface area contributed by atoms with E-state index in [1.54, 1.807) is 0 Å². The van der Waals surface area contributed by atoms with Crippen molar-refractivity contribution in [3.8, 4) is 0 Å². The largest absolute Gasteiger partial charge is 0.612 e. The van der Waals surface area contributed by atoms with Gasteiger partial charge < -0.3 is 19.7 Å². The number of carboxylic acid groups (broad SMARTS) is 1. The molecule has 29 heavy (non-hydrogen) atoms. The van der Waals surface area contributed by atoms with E-state index in [0.717, 1.165) is 17.2 Å². The number of benzene rings is 1. The number of carboxylic acids is 1. The average molecular weight is 428 g/mol. The van der Waals surface area contributed by atoms with Gasteiger partial charge in [0.2, 0.25) is 0 Å². The zero-order valence-electron chi connectivity index (χ0n) is 15.9. The maximum absolute atomic E-state index is 13.5. The second-order valence-electron chi connectivity index (χ2n) is 6.28. The molecule has 0 fully saturated rings. The number of hydrogen-bond acceptors (Lipinski definition) is 6. The summed E-state index contributed by atoms with van der Waals surface area (Å²) in [5.41, 5.74) is 0.179. The minimum absolute atomic E-state index is 0.0654. The molecule has 2 amide bonds. The van der Waals surface area contributed by atoms with Crippen molar-refractivity contribution in [2.24, 2.45) is 0 Å². The van der Waals surface area contributed by atoms with Gasteiger partial charge in [0.05, 0.1) is 25.8 Å². The van der Waals surface area contributed by atoms with Crippen molar-refractivity contribution in [1.29, 1.82) is 0 Å². The van der Waals surface area contributed by atoms with Crippen molar-refractivity contribution in [3.05, 3.63) is 40.9 Å². The Balaban J connectivity index is 2.15. The van der Waals surface area contributed by atoms with E-state index in [0.29, 0.717) is 5.56 Å². The van der Waals surface area contributed by atoms with Crippen LogP contribution in [0.25, 0.3) is 0 Å². The molecule has 0 saturated carbocycles. The SMILES string of the molecule is CON(Cc1ccc(F)cc1[S+](C)[O-])C(=O)C1=C(O)C(=O)N(CCCC(=O)O)C1. The number of halogens is 1. The molecular weight excluding hydrogens is 407 g/mol. The molecule has 0 aliphatic carbocycles. The second kappa shape index (κ2) is 9.72. The van der Waals surface area contributed by atoms with Gasteiger partial charge in [-0.3, -0.25) is 19.2 Å². The maximum Gasteiger partial charge on any atom is 0.303 e. The Kier molecular flexibility index (Phi) is 7.59. The lowest BCUT2D eigenvalue weighted by atomic mass is 10.2. The lowest BCUT2D eigenvalue weighted by Gasteiger charge is -2.22. The van der Waals surface area contributed by atoms with Crippen molar-refractivity contribution < 1.29 is 38.4 Å². The first-order valence-corrected chi connectivity index (χ1v) is 10.1. The van der Waals surface area contributed by atoms with Crippen LogP contribution in [0, 0.1) is 5.82 Å². The molecule has 1 heterocycles. The molecule has 158 valence electrons. The van der Waals surface area contributed by atoms with Gasteiger partial charge in [0.15, 0.2) is 10.7 Å². The van der Waals surface area contributed by atoms with Crippen LogP contribution >= 0.6 is 0 Å². The van der Waals surface area contributed by atoms with E-state index in [4.69, 9.17) is 9.94 Å². The summed E-state index contributed by atoms with van der Waals surface area (Å²) >= 11 is -1.52. The first-order valence-electron chi connectivity index (χ1n) is 8.56. The van der Waals surface area contributed by atoms with Gasteiger partial charge in [-0.15, -0.1) is 0 Å². The number of carbonyl (C=O) groups is 3. The molecule has 1 aromatic carbocycles. The molecule has 0 bridgehead atoms. The minimum Gasteiger partial charge on any atom is -0.612 e. The highest BCUT2D eigenvalue weighted by Gasteiger charge is 2.36. The van der Waals surface area contributed by atoms with Crippen LogP contribution in [0.4, 0.5) is 4.39 Å². The van der Waals surface area contributed by atoms with Gasteiger partial charge in [-0.2, -0.15) is 0 Å². The first-order chi connectivity index (χ1) is 13.6. The summed E-state index contributed by atoms with van der Waals surface area (Å²) in [7, 11) is 1.21. The van der Waals surface area contributed by atoms with Gasteiger partial charge in [-0.1, -0.05) is 0 Å². The molecule has 1 aromatic rings. The fraction of sp³-hybridized carbons (Fsp3) is 0.389. The molecule has 0 radical (unpaired) electrons. The Morgan fingerprint density at radius 1 is 1.41 bits per heavy atom. The molecule has 0 spiro atoms. The Morgan fingerprint density at radius 2 is 2.10 bits per heavy atom. The molecule has 1 aliphatic heterocycles. The number of amides is 2. The summed E-state index contributed by atoms with van der Waals surface area (Å²) in [5, 5.41) is 19.6. The minimum atomic E-state index is -1.52.